The Kier molecular flexibility index (Phi) is 6.24. The summed E-state index contributed by atoms with van der Waals surface area (Å²) in [5, 5.41) is 16.3. The SMILES string of the molecule is Cc1cc(-c2nsc3c(C4(O)CCCCC4)cc(N4CCOC[C@H]4C)nc23)n(PI)n1. The van der Waals surface area contributed by atoms with Gasteiger partial charge in [0.1, 0.15) is 17.0 Å². The van der Waals surface area contributed by atoms with Crippen molar-refractivity contribution in [2.45, 2.75) is 57.6 Å². The zero-order chi connectivity index (χ0) is 21.6. The number of aryl methyl sites for hydroxylation is 1. The van der Waals surface area contributed by atoms with Crippen LogP contribution in [0.15, 0.2) is 12.1 Å². The Morgan fingerprint density at radius 1 is 1.29 bits per heavy atom. The summed E-state index contributed by atoms with van der Waals surface area (Å²) in [5.74, 6) is 0.915. The first-order chi connectivity index (χ1) is 15.0. The summed E-state index contributed by atoms with van der Waals surface area (Å²) in [5.41, 5.74) is 3.91. The molecule has 7 nitrogen and oxygen atoms in total. The van der Waals surface area contributed by atoms with E-state index in [9.17, 15) is 5.11 Å². The first-order valence-electron chi connectivity index (χ1n) is 10.8. The average molecular weight is 571 g/mol. The molecule has 2 atom stereocenters. The molecule has 1 aliphatic carbocycles. The number of hydrogen-bond donors (Lipinski definition) is 1. The molecule has 5 rings (SSSR count). The van der Waals surface area contributed by atoms with Crippen LogP contribution in [0.5, 0.6) is 0 Å². The number of nitrogens with zero attached hydrogens (tertiary/aromatic N) is 5. The van der Waals surface area contributed by atoms with Crippen LogP contribution in [-0.4, -0.2) is 49.8 Å². The molecule has 0 bridgehead atoms. The van der Waals surface area contributed by atoms with Crippen LogP contribution < -0.4 is 4.90 Å². The molecular formula is C21H27IN5O2PS. The molecule has 10 heteroatoms. The van der Waals surface area contributed by atoms with Crippen LogP contribution in [0.3, 0.4) is 0 Å². The number of aliphatic hydroxyl groups is 1. The molecule has 31 heavy (non-hydrogen) atoms. The molecule has 1 N–H and O–H groups in total. The summed E-state index contributed by atoms with van der Waals surface area (Å²) in [6, 6.07) is 4.45. The maximum atomic E-state index is 11.7. The van der Waals surface area contributed by atoms with Gasteiger partial charge in [-0.3, -0.25) is 0 Å². The average Bonchev–Trinajstić information content (AvgIpc) is 3.36. The van der Waals surface area contributed by atoms with E-state index in [2.05, 4.69) is 51.1 Å². The third-order valence-corrected chi connectivity index (χ3v) is 9.15. The van der Waals surface area contributed by atoms with E-state index in [0.717, 1.165) is 70.9 Å². The van der Waals surface area contributed by atoms with Gasteiger partial charge < -0.3 is 14.7 Å². The maximum absolute atomic E-state index is 11.7. The van der Waals surface area contributed by atoms with Crippen LogP contribution in [0, 0.1) is 6.92 Å². The van der Waals surface area contributed by atoms with Crippen molar-refractivity contribution < 1.29 is 9.84 Å². The summed E-state index contributed by atoms with van der Waals surface area (Å²) in [4.78, 5) is 7.43. The van der Waals surface area contributed by atoms with Crippen LogP contribution in [-0.2, 0) is 10.3 Å². The molecule has 2 fully saturated rings. The number of ether oxygens (including phenoxy) is 1. The highest BCUT2D eigenvalue weighted by atomic mass is 127. The highest BCUT2D eigenvalue weighted by molar-refractivity contribution is 14.2. The summed E-state index contributed by atoms with van der Waals surface area (Å²) < 4.78 is 13.5. The van der Waals surface area contributed by atoms with E-state index in [0.29, 0.717) is 19.6 Å². The van der Waals surface area contributed by atoms with Gasteiger partial charge in [0.2, 0.25) is 0 Å². The minimum Gasteiger partial charge on any atom is -0.385 e. The fourth-order valence-electron chi connectivity index (χ4n) is 4.77. The minimum atomic E-state index is -0.811. The first-order valence-corrected chi connectivity index (χ1v) is 15.6. The van der Waals surface area contributed by atoms with Crippen LogP contribution in [0.2, 0.25) is 0 Å². The monoisotopic (exact) mass is 571 g/mol. The fraction of sp³-hybridized carbons (Fsp3) is 0.571. The van der Waals surface area contributed by atoms with Gasteiger partial charge in [-0.05, 0) is 72.4 Å². The zero-order valence-electron chi connectivity index (χ0n) is 17.8. The fourth-order valence-corrected chi connectivity index (χ4v) is 7.27. The number of halogens is 1. The molecule has 166 valence electrons. The quantitative estimate of drug-likeness (QED) is 0.350. The van der Waals surface area contributed by atoms with E-state index in [1.807, 2.05) is 11.4 Å². The predicted octanol–water partition coefficient (Wildman–Crippen LogP) is 5.03. The number of fused-ring (bicyclic) bond motifs is 1. The first kappa shape index (κ1) is 21.9. The van der Waals surface area contributed by atoms with Crippen molar-refractivity contribution in [3.8, 4) is 11.4 Å². The van der Waals surface area contributed by atoms with Crippen LogP contribution in [0.1, 0.15) is 50.3 Å². The van der Waals surface area contributed by atoms with Gasteiger partial charge in [0.25, 0.3) is 0 Å². The molecule has 4 heterocycles. The van der Waals surface area contributed by atoms with Gasteiger partial charge in [-0.1, -0.05) is 19.3 Å². The van der Waals surface area contributed by atoms with Gasteiger partial charge in [-0.2, -0.15) is 9.47 Å². The Labute approximate surface area is 201 Å². The van der Waals surface area contributed by atoms with Crippen molar-refractivity contribution in [3.63, 3.8) is 0 Å². The maximum Gasteiger partial charge on any atom is 0.130 e. The third-order valence-electron chi connectivity index (χ3n) is 6.41. The summed E-state index contributed by atoms with van der Waals surface area (Å²) in [7, 11) is 0. The smallest absolute Gasteiger partial charge is 0.130 e. The molecule has 0 radical (unpaired) electrons. The molecule has 1 saturated heterocycles. The van der Waals surface area contributed by atoms with Crippen molar-refractivity contribution in [2.24, 2.45) is 0 Å². The topological polar surface area (TPSA) is 76.3 Å². The molecule has 0 amide bonds. The zero-order valence-corrected chi connectivity index (χ0v) is 21.7. The Balaban J connectivity index is 1.72. The Bertz CT molecular complexity index is 1100. The molecule has 1 aliphatic heterocycles. The number of pyridine rings is 1. The van der Waals surface area contributed by atoms with Crippen LogP contribution >= 0.6 is 39.9 Å². The Morgan fingerprint density at radius 2 is 2.10 bits per heavy atom. The lowest BCUT2D eigenvalue weighted by Gasteiger charge is -2.36. The lowest BCUT2D eigenvalue weighted by Crippen LogP contribution is -2.44. The molecule has 2 aliphatic rings. The minimum absolute atomic E-state index is 0.242. The Morgan fingerprint density at radius 3 is 2.84 bits per heavy atom. The molecule has 0 spiro atoms. The second kappa shape index (κ2) is 8.82. The number of aromatic nitrogens is 4. The van der Waals surface area contributed by atoms with Crippen LogP contribution in [0.4, 0.5) is 5.82 Å². The highest BCUT2D eigenvalue weighted by Gasteiger charge is 2.36. The molecule has 1 saturated carbocycles. The van der Waals surface area contributed by atoms with Gasteiger partial charge >= 0.3 is 0 Å². The number of hydrogen-bond acceptors (Lipinski definition) is 7. The van der Waals surface area contributed by atoms with Gasteiger partial charge in [0.15, 0.2) is 0 Å². The van der Waals surface area contributed by atoms with Gasteiger partial charge in [0.05, 0.1) is 47.3 Å². The molecule has 0 aromatic carbocycles. The highest BCUT2D eigenvalue weighted by Crippen LogP contribution is 2.45. The van der Waals surface area contributed by atoms with Crippen LogP contribution in [0.25, 0.3) is 21.6 Å². The number of morpholine rings is 1. The number of anilines is 1. The van der Waals surface area contributed by atoms with E-state index < -0.39 is 5.60 Å². The standard InChI is InChI=1S/C21H27IN5O2PS/c1-13-10-16(27(24-13)30-22)18-19-20(31-25-18)15(21(28)6-4-3-5-7-21)11-17(23-19)26-8-9-29-12-14(26)2/h10-11,14,28,30H,3-9,12H2,1-2H3/t14-/m1/s1. The van der Waals surface area contributed by atoms with Gasteiger partial charge in [-0.25, -0.2) is 9.44 Å². The summed E-state index contributed by atoms with van der Waals surface area (Å²) in [6.07, 6.45) is 5.37. The van der Waals surface area contributed by atoms with E-state index >= 15 is 0 Å². The van der Waals surface area contributed by atoms with Crippen molar-refractivity contribution in [2.75, 3.05) is 24.7 Å². The van der Waals surface area contributed by atoms with E-state index in [-0.39, 0.29) is 6.04 Å². The normalized spacial score (nSPS) is 22.1. The summed E-state index contributed by atoms with van der Waals surface area (Å²) >= 11 is 3.81. The summed E-state index contributed by atoms with van der Waals surface area (Å²) in [6.45, 7) is 6.37. The lowest BCUT2D eigenvalue weighted by atomic mass is 9.79. The third kappa shape index (κ3) is 4.01. The molecule has 1 unspecified atom stereocenters. The number of rotatable bonds is 4. The van der Waals surface area contributed by atoms with E-state index in [4.69, 9.17) is 14.1 Å². The van der Waals surface area contributed by atoms with E-state index in [1.165, 1.54) is 18.0 Å². The lowest BCUT2D eigenvalue weighted by molar-refractivity contribution is 0.000856. The molecular weight excluding hydrogens is 544 g/mol. The largest absolute Gasteiger partial charge is 0.385 e. The Hall–Kier alpha value is -0.870. The van der Waals surface area contributed by atoms with Crippen molar-refractivity contribution in [3.05, 3.63) is 23.4 Å². The van der Waals surface area contributed by atoms with Crippen molar-refractivity contribution >= 4 is 56.0 Å². The van der Waals surface area contributed by atoms with Gasteiger partial charge in [0, 0.05) is 12.1 Å². The van der Waals surface area contributed by atoms with E-state index in [1.54, 1.807) is 0 Å². The van der Waals surface area contributed by atoms with Crippen molar-refractivity contribution in [1.29, 1.82) is 0 Å². The molecule has 3 aromatic rings. The second-order valence-corrected chi connectivity index (χ2v) is 11.4. The van der Waals surface area contributed by atoms with Gasteiger partial charge in [-0.15, -0.1) is 0 Å². The molecule has 3 aromatic heterocycles. The van der Waals surface area contributed by atoms with Crippen molar-refractivity contribution in [1.82, 2.24) is 18.9 Å². The second-order valence-electron chi connectivity index (χ2n) is 8.61. The predicted molar refractivity (Wildman–Crippen MR) is 136 cm³/mol.